The number of nitrogens with zero attached hydrogens (tertiary/aromatic N) is 4. The number of halogens is 1. The zero-order valence-corrected chi connectivity index (χ0v) is 18.8. The quantitative estimate of drug-likeness (QED) is 0.438. The molecule has 0 aliphatic carbocycles. The molecule has 33 heavy (non-hydrogen) atoms. The Balaban J connectivity index is 1.20. The molecule has 2 aromatic heterocycles. The van der Waals surface area contributed by atoms with E-state index < -0.39 is 0 Å². The maximum atomic E-state index is 12.5. The van der Waals surface area contributed by atoms with Crippen LogP contribution in [0.25, 0.3) is 0 Å². The molecule has 170 valence electrons. The third-order valence-electron chi connectivity index (χ3n) is 5.20. The average molecular weight is 466 g/mol. The van der Waals surface area contributed by atoms with Crippen LogP contribution in [0.1, 0.15) is 12.0 Å². The van der Waals surface area contributed by atoms with E-state index in [-0.39, 0.29) is 24.2 Å². The van der Waals surface area contributed by atoms with E-state index in [0.29, 0.717) is 42.1 Å². The number of pyridine rings is 1. The Morgan fingerprint density at radius 1 is 1.06 bits per heavy atom. The highest BCUT2D eigenvalue weighted by Crippen LogP contribution is 2.26. The molecule has 10 heteroatoms. The Morgan fingerprint density at radius 3 is 2.55 bits per heavy atom. The second-order valence-corrected chi connectivity index (χ2v) is 8.18. The summed E-state index contributed by atoms with van der Waals surface area (Å²) in [5, 5.41) is 18.0. The highest BCUT2D eigenvalue weighted by atomic mass is 35.5. The van der Waals surface area contributed by atoms with Crippen molar-refractivity contribution in [3.05, 3.63) is 65.3 Å². The summed E-state index contributed by atoms with van der Waals surface area (Å²) in [7, 11) is 0. The highest BCUT2D eigenvalue weighted by molar-refractivity contribution is 6.30. The Bertz CT molecular complexity index is 1120. The molecule has 3 N–H and O–H groups in total. The minimum Gasteiger partial charge on any atom is -0.367 e. The zero-order chi connectivity index (χ0) is 23.2. The van der Waals surface area contributed by atoms with Crippen LogP contribution in [-0.2, 0) is 9.59 Å². The molecule has 9 nitrogen and oxygen atoms in total. The predicted octanol–water partition coefficient (Wildman–Crippen LogP) is 3.16. The van der Waals surface area contributed by atoms with E-state index in [0.717, 1.165) is 11.3 Å². The number of anilines is 4. The van der Waals surface area contributed by atoms with Gasteiger partial charge in [-0.1, -0.05) is 11.6 Å². The van der Waals surface area contributed by atoms with Crippen molar-refractivity contribution >= 4 is 46.6 Å². The lowest BCUT2D eigenvalue weighted by atomic mass is 10.1. The Hall–Kier alpha value is -3.72. The van der Waals surface area contributed by atoms with Gasteiger partial charge in [0.05, 0.1) is 5.92 Å². The van der Waals surface area contributed by atoms with Gasteiger partial charge in [0.1, 0.15) is 11.6 Å². The van der Waals surface area contributed by atoms with Crippen LogP contribution in [0.3, 0.4) is 0 Å². The first-order valence-corrected chi connectivity index (χ1v) is 11.0. The van der Waals surface area contributed by atoms with E-state index in [1.165, 1.54) is 0 Å². The van der Waals surface area contributed by atoms with E-state index in [9.17, 15) is 9.59 Å². The lowest BCUT2D eigenvalue weighted by Crippen LogP contribution is -2.35. The SMILES string of the molecule is Cc1ccnc(Nc2ccc(NCCNC(=O)[C@H]3CC(=O)N(c4ccc(Cl)cc4)C3)nn2)c1. The van der Waals surface area contributed by atoms with Gasteiger partial charge in [0, 0.05) is 43.0 Å². The van der Waals surface area contributed by atoms with E-state index in [1.54, 1.807) is 47.5 Å². The molecule has 1 aliphatic heterocycles. The van der Waals surface area contributed by atoms with E-state index in [4.69, 9.17) is 11.6 Å². The fraction of sp³-hybridized carbons (Fsp3) is 0.261. The second kappa shape index (κ2) is 10.3. The molecule has 0 unspecified atom stereocenters. The third-order valence-corrected chi connectivity index (χ3v) is 5.45. The first kappa shape index (κ1) is 22.5. The van der Waals surface area contributed by atoms with Gasteiger partial charge in [-0.15, -0.1) is 10.2 Å². The number of nitrogens with one attached hydrogen (secondary N) is 3. The van der Waals surface area contributed by atoms with Crippen molar-refractivity contribution < 1.29 is 9.59 Å². The van der Waals surface area contributed by atoms with Crippen LogP contribution >= 0.6 is 11.6 Å². The van der Waals surface area contributed by atoms with Crippen molar-refractivity contribution in [3.8, 4) is 0 Å². The number of benzene rings is 1. The van der Waals surface area contributed by atoms with Crippen LogP contribution in [0.4, 0.5) is 23.1 Å². The minimum absolute atomic E-state index is 0.0690. The smallest absolute Gasteiger partial charge is 0.227 e. The van der Waals surface area contributed by atoms with Crippen LogP contribution in [0, 0.1) is 12.8 Å². The topological polar surface area (TPSA) is 112 Å². The third kappa shape index (κ3) is 5.95. The van der Waals surface area contributed by atoms with Gasteiger partial charge in [-0.25, -0.2) is 4.98 Å². The number of carbonyl (C=O) groups excluding carboxylic acids is 2. The van der Waals surface area contributed by atoms with Crippen molar-refractivity contribution in [2.24, 2.45) is 5.92 Å². The maximum absolute atomic E-state index is 12.5. The number of hydrogen-bond acceptors (Lipinski definition) is 7. The number of hydrogen-bond donors (Lipinski definition) is 3. The molecular formula is C23H24ClN7O2. The molecule has 2 amide bonds. The molecule has 1 atom stereocenters. The van der Waals surface area contributed by atoms with Crippen molar-refractivity contribution in [3.63, 3.8) is 0 Å². The van der Waals surface area contributed by atoms with Gasteiger partial charge in [0.25, 0.3) is 0 Å². The molecule has 0 bridgehead atoms. The van der Waals surface area contributed by atoms with Crippen LogP contribution in [-0.4, -0.2) is 46.6 Å². The normalized spacial score (nSPS) is 15.4. The van der Waals surface area contributed by atoms with Crippen LogP contribution in [0.2, 0.25) is 5.02 Å². The van der Waals surface area contributed by atoms with Crippen molar-refractivity contribution in [2.45, 2.75) is 13.3 Å². The Kier molecular flexibility index (Phi) is 6.99. The second-order valence-electron chi connectivity index (χ2n) is 7.75. The minimum atomic E-state index is -0.381. The summed E-state index contributed by atoms with van der Waals surface area (Å²) >= 11 is 5.91. The van der Waals surface area contributed by atoms with Crippen molar-refractivity contribution in [2.75, 3.05) is 35.2 Å². The van der Waals surface area contributed by atoms with Crippen LogP contribution in [0.5, 0.6) is 0 Å². The van der Waals surface area contributed by atoms with Gasteiger partial charge >= 0.3 is 0 Å². The summed E-state index contributed by atoms with van der Waals surface area (Å²) < 4.78 is 0. The largest absolute Gasteiger partial charge is 0.367 e. The Morgan fingerprint density at radius 2 is 1.82 bits per heavy atom. The summed E-state index contributed by atoms with van der Waals surface area (Å²) in [4.78, 5) is 30.7. The first-order valence-electron chi connectivity index (χ1n) is 10.6. The molecule has 0 radical (unpaired) electrons. The molecule has 1 aromatic carbocycles. The molecule has 3 aromatic rings. The van der Waals surface area contributed by atoms with Gasteiger partial charge in [0.15, 0.2) is 5.82 Å². The molecule has 0 saturated carbocycles. The summed E-state index contributed by atoms with van der Waals surface area (Å²) in [5.41, 5.74) is 1.84. The van der Waals surface area contributed by atoms with Gasteiger partial charge in [-0.05, 0) is 61.0 Å². The average Bonchev–Trinajstić information content (AvgIpc) is 3.20. The molecule has 4 rings (SSSR count). The fourth-order valence-corrected chi connectivity index (χ4v) is 3.63. The van der Waals surface area contributed by atoms with Crippen molar-refractivity contribution in [1.82, 2.24) is 20.5 Å². The van der Waals surface area contributed by atoms with Crippen LogP contribution < -0.4 is 20.9 Å². The van der Waals surface area contributed by atoms with E-state index >= 15 is 0 Å². The molecule has 3 heterocycles. The summed E-state index contributed by atoms with van der Waals surface area (Å²) in [6.07, 6.45) is 1.92. The van der Waals surface area contributed by atoms with Gasteiger partial charge < -0.3 is 20.9 Å². The number of carbonyl (C=O) groups is 2. The van der Waals surface area contributed by atoms with Gasteiger partial charge in [0.2, 0.25) is 11.8 Å². The molecule has 0 spiro atoms. The summed E-state index contributed by atoms with van der Waals surface area (Å²) in [5.74, 6) is 1.29. The van der Waals surface area contributed by atoms with E-state index in [1.807, 2.05) is 19.1 Å². The van der Waals surface area contributed by atoms with Gasteiger partial charge in [-0.3, -0.25) is 9.59 Å². The first-order chi connectivity index (χ1) is 16.0. The lowest BCUT2D eigenvalue weighted by Gasteiger charge is -2.16. The van der Waals surface area contributed by atoms with Crippen molar-refractivity contribution in [1.29, 1.82) is 0 Å². The standard InChI is InChI=1S/C23H24ClN7O2/c1-15-8-9-25-21(12-15)28-20-7-6-19(29-30-20)26-10-11-27-23(33)16-13-22(32)31(14-16)18-4-2-17(24)3-5-18/h2-9,12,16H,10-11,13-14H2,1H3,(H,26,29)(H,27,33)(H,25,28,30)/t16-/m0/s1. The molecule has 1 saturated heterocycles. The molecular weight excluding hydrogens is 442 g/mol. The summed E-state index contributed by atoms with van der Waals surface area (Å²) in [6.45, 7) is 3.23. The van der Waals surface area contributed by atoms with Gasteiger partial charge in [-0.2, -0.15) is 0 Å². The molecule has 1 aliphatic rings. The predicted molar refractivity (Wildman–Crippen MR) is 128 cm³/mol. The lowest BCUT2D eigenvalue weighted by molar-refractivity contribution is -0.126. The van der Waals surface area contributed by atoms with Crippen LogP contribution in [0.15, 0.2) is 54.7 Å². The number of aryl methyl sites for hydroxylation is 1. The number of aromatic nitrogens is 3. The maximum Gasteiger partial charge on any atom is 0.227 e. The summed E-state index contributed by atoms with van der Waals surface area (Å²) in [6, 6.07) is 14.5. The zero-order valence-electron chi connectivity index (χ0n) is 18.1. The highest BCUT2D eigenvalue weighted by Gasteiger charge is 2.34. The fourth-order valence-electron chi connectivity index (χ4n) is 3.50. The molecule has 1 fully saturated rings. The number of rotatable bonds is 8. The number of amides is 2. The monoisotopic (exact) mass is 465 g/mol. The Labute approximate surface area is 196 Å². The van der Waals surface area contributed by atoms with E-state index in [2.05, 4.69) is 31.1 Å².